The van der Waals surface area contributed by atoms with Crippen LogP contribution in [0.1, 0.15) is 0 Å². The van der Waals surface area contributed by atoms with Gasteiger partial charge in [-0.15, -0.1) is 0 Å². The zero-order valence-corrected chi connectivity index (χ0v) is 12.7. The highest BCUT2D eigenvalue weighted by atomic mass is 16.6. The number of phenolic OH excluding ortho intramolecular Hbond substituents is 1. The minimum Gasteiger partial charge on any atom is -0.507 e. The fraction of sp³-hybridized carbons (Fsp3) is 0.118. The molecule has 0 saturated carbocycles. The number of phenols is 1. The van der Waals surface area contributed by atoms with Crippen LogP contribution in [0.15, 0.2) is 49.1 Å². The molecule has 7 heteroatoms. The molecule has 122 valence electrons. The van der Waals surface area contributed by atoms with Crippen molar-refractivity contribution >= 4 is 17.0 Å². The molecule has 0 bridgehead atoms. The van der Waals surface area contributed by atoms with Gasteiger partial charge >= 0.3 is 5.97 Å². The average Bonchev–Trinajstić information content (AvgIpc) is 3.07. The predicted molar refractivity (Wildman–Crippen MR) is 87.6 cm³/mol. The summed E-state index contributed by atoms with van der Waals surface area (Å²) in [6.07, 6.45) is 1.09. The zero-order chi connectivity index (χ0) is 16.9. The molecule has 1 aromatic heterocycles. The van der Waals surface area contributed by atoms with Crippen LogP contribution in [0.2, 0.25) is 0 Å². The lowest BCUT2D eigenvalue weighted by Crippen LogP contribution is -2.10. The smallest absolute Gasteiger partial charge is 0.330 e. The summed E-state index contributed by atoms with van der Waals surface area (Å²) in [5, 5.41) is 21.0. The van der Waals surface area contributed by atoms with E-state index in [0.717, 1.165) is 6.08 Å². The molecule has 0 spiro atoms. The topological polar surface area (TPSA) is 97.3 Å². The summed E-state index contributed by atoms with van der Waals surface area (Å²) in [6.45, 7) is 3.54. The van der Waals surface area contributed by atoms with Crippen molar-refractivity contribution in [2.24, 2.45) is 0 Å². The summed E-state index contributed by atoms with van der Waals surface area (Å²) >= 11 is 0. The third-order valence-corrected chi connectivity index (χ3v) is 3.37. The Bertz CT molecular complexity index is 888. The van der Waals surface area contributed by atoms with Gasteiger partial charge in [0.15, 0.2) is 0 Å². The lowest BCUT2D eigenvalue weighted by molar-refractivity contribution is -0.138. The number of aromatic hydroxyl groups is 1. The van der Waals surface area contributed by atoms with Crippen molar-refractivity contribution in [3.8, 4) is 22.6 Å². The predicted octanol–water partition coefficient (Wildman–Crippen LogP) is 2.44. The lowest BCUT2D eigenvalue weighted by Gasteiger charge is -2.13. The Morgan fingerprint density at radius 2 is 2.04 bits per heavy atom. The van der Waals surface area contributed by atoms with E-state index in [1.807, 2.05) is 18.2 Å². The number of rotatable bonds is 6. The number of H-pyrrole nitrogens is 1. The number of aromatic nitrogens is 3. The summed E-state index contributed by atoms with van der Waals surface area (Å²) in [4.78, 5) is 11.0. The monoisotopic (exact) mass is 325 g/mol. The summed E-state index contributed by atoms with van der Waals surface area (Å²) in [5.41, 5.74) is 2.51. The Kier molecular flexibility index (Phi) is 4.42. The average molecular weight is 325 g/mol. The first-order valence-corrected chi connectivity index (χ1v) is 7.24. The van der Waals surface area contributed by atoms with Gasteiger partial charge in [0, 0.05) is 11.6 Å². The number of esters is 1. The van der Waals surface area contributed by atoms with Crippen molar-refractivity contribution in [3.05, 3.63) is 49.1 Å². The van der Waals surface area contributed by atoms with E-state index in [9.17, 15) is 9.90 Å². The first-order chi connectivity index (χ1) is 11.7. The summed E-state index contributed by atoms with van der Waals surface area (Å²) in [7, 11) is 0. The molecular weight excluding hydrogens is 310 g/mol. The number of nitrogens with one attached hydrogen (secondary N) is 1. The number of carbonyl (C=O) groups is 1. The van der Waals surface area contributed by atoms with Crippen LogP contribution in [-0.4, -0.2) is 39.7 Å². The van der Waals surface area contributed by atoms with Gasteiger partial charge in [-0.05, 0) is 18.2 Å². The third-order valence-electron chi connectivity index (χ3n) is 3.37. The molecule has 24 heavy (non-hydrogen) atoms. The minimum absolute atomic E-state index is 0.0612. The molecule has 0 atom stereocenters. The second kappa shape index (κ2) is 6.82. The minimum atomic E-state index is -0.512. The molecule has 3 rings (SSSR count). The van der Waals surface area contributed by atoms with Crippen molar-refractivity contribution in [1.29, 1.82) is 0 Å². The first-order valence-electron chi connectivity index (χ1n) is 7.24. The standard InChI is InChI=1S/C17H15N3O4/c1-2-15(22)24-10-9-23-14-8-4-7-13(21)16(14)11-5-3-6-12-17(11)19-20-18-12/h2-8,21H,1,9-10H2,(H,18,19,20). The Labute approximate surface area is 137 Å². The molecule has 2 aromatic carbocycles. The Balaban J connectivity index is 1.89. The van der Waals surface area contributed by atoms with Gasteiger partial charge in [0.05, 0.1) is 5.56 Å². The maximum atomic E-state index is 11.0. The molecule has 0 aliphatic carbocycles. The van der Waals surface area contributed by atoms with Gasteiger partial charge in [-0.2, -0.15) is 15.4 Å². The van der Waals surface area contributed by atoms with Gasteiger partial charge < -0.3 is 14.6 Å². The van der Waals surface area contributed by atoms with Crippen LogP contribution < -0.4 is 4.74 Å². The van der Waals surface area contributed by atoms with Crippen molar-refractivity contribution in [1.82, 2.24) is 15.4 Å². The summed E-state index contributed by atoms with van der Waals surface area (Å²) < 4.78 is 10.5. The number of aromatic amines is 1. The highest BCUT2D eigenvalue weighted by molar-refractivity contribution is 5.95. The van der Waals surface area contributed by atoms with Gasteiger partial charge in [-0.3, -0.25) is 0 Å². The van der Waals surface area contributed by atoms with E-state index < -0.39 is 5.97 Å². The SMILES string of the molecule is C=CC(=O)OCCOc1cccc(O)c1-c1cccc2n[nH]nc12. The highest BCUT2D eigenvalue weighted by Crippen LogP contribution is 2.40. The molecule has 0 radical (unpaired) electrons. The van der Waals surface area contributed by atoms with Crippen LogP contribution in [0.25, 0.3) is 22.2 Å². The van der Waals surface area contributed by atoms with E-state index in [4.69, 9.17) is 9.47 Å². The summed E-state index contributed by atoms with van der Waals surface area (Å²) in [6, 6.07) is 10.4. The number of carbonyl (C=O) groups excluding carboxylic acids is 1. The van der Waals surface area contributed by atoms with Gasteiger partial charge in [0.2, 0.25) is 0 Å². The van der Waals surface area contributed by atoms with E-state index in [2.05, 4.69) is 22.0 Å². The zero-order valence-electron chi connectivity index (χ0n) is 12.7. The van der Waals surface area contributed by atoms with E-state index in [-0.39, 0.29) is 19.0 Å². The van der Waals surface area contributed by atoms with Crippen molar-refractivity contribution in [2.75, 3.05) is 13.2 Å². The van der Waals surface area contributed by atoms with E-state index in [1.165, 1.54) is 0 Å². The number of hydrogen-bond donors (Lipinski definition) is 2. The molecule has 0 aliphatic heterocycles. The van der Waals surface area contributed by atoms with Crippen molar-refractivity contribution in [2.45, 2.75) is 0 Å². The quantitative estimate of drug-likeness (QED) is 0.410. The Morgan fingerprint density at radius 1 is 1.21 bits per heavy atom. The van der Waals surface area contributed by atoms with Crippen LogP contribution in [0.4, 0.5) is 0 Å². The van der Waals surface area contributed by atoms with Crippen LogP contribution in [-0.2, 0) is 9.53 Å². The van der Waals surface area contributed by atoms with Crippen LogP contribution >= 0.6 is 0 Å². The Morgan fingerprint density at radius 3 is 2.88 bits per heavy atom. The van der Waals surface area contributed by atoms with E-state index >= 15 is 0 Å². The van der Waals surface area contributed by atoms with Crippen molar-refractivity contribution < 1.29 is 19.4 Å². The number of fused-ring (bicyclic) bond motifs is 1. The largest absolute Gasteiger partial charge is 0.507 e. The number of benzene rings is 2. The van der Waals surface area contributed by atoms with Crippen LogP contribution in [0.3, 0.4) is 0 Å². The molecule has 0 amide bonds. The maximum absolute atomic E-state index is 11.0. The number of para-hydroxylation sites is 1. The fourth-order valence-corrected chi connectivity index (χ4v) is 2.33. The maximum Gasteiger partial charge on any atom is 0.330 e. The van der Waals surface area contributed by atoms with Crippen molar-refractivity contribution in [3.63, 3.8) is 0 Å². The molecule has 0 saturated heterocycles. The van der Waals surface area contributed by atoms with Gasteiger partial charge in [0.25, 0.3) is 0 Å². The summed E-state index contributed by atoms with van der Waals surface area (Å²) in [5.74, 6) is 0.00772. The van der Waals surface area contributed by atoms with Crippen LogP contribution in [0.5, 0.6) is 11.5 Å². The molecule has 0 fully saturated rings. The number of hydrogen-bond acceptors (Lipinski definition) is 6. The molecule has 0 unspecified atom stereocenters. The van der Waals surface area contributed by atoms with Gasteiger partial charge in [-0.25, -0.2) is 4.79 Å². The fourth-order valence-electron chi connectivity index (χ4n) is 2.33. The molecule has 1 heterocycles. The van der Waals surface area contributed by atoms with Gasteiger partial charge in [0.1, 0.15) is 35.7 Å². The molecule has 2 N–H and O–H groups in total. The number of ether oxygens (including phenoxy) is 2. The number of nitrogens with zero attached hydrogens (tertiary/aromatic N) is 2. The third kappa shape index (κ3) is 3.05. The normalized spacial score (nSPS) is 10.5. The van der Waals surface area contributed by atoms with Gasteiger partial charge in [-0.1, -0.05) is 24.8 Å². The van der Waals surface area contributed by atoms with E-state index in [0.29, 0.717) is 27.9 Å². The molecule has 3 aromatic rings. The molecule has 0 aliphatic rings. The first kappa shape index (κ1) is 15.5. The second-order valence-corrected chi connectivity index (χ2v) is 4.87. The lowest BCUT2D eigenvalue weighted by atomic mass is 10.0. The molecule has 7 nitrogen and oxygen atoms in total. The van der Waals surface area contributed by atoms with E-state index in [1.54, 1.807) is 18.2 Å². The Hall–Kier alpha value is -3.35. The molecular formula is C17H15N3O4. The van der Waals surface area contributed by atoms with Crippen LogP contribution in [0, 0.1) is 0 Å². The highest BCUT2D eigenvalue weighted by Gasteiger charge is 2.16. The second-order valence-electron chi connectivity index (χ2n) is 4.87.